The van der Waals surface area contributed by atoms with Gasteiger partial charge < -0.3 is 5.32 Å². The summed E-state index contributed by atoms with van der Waals surface area (Å²) in [5.74, 6) is 0. The number of nitrogens with one attached hydrogen (secondary N) is 1. The molecule has 3 aromatic rings. The number of nitrogens with zero attached hydrogens (tertiary/aromatic N) is 2. The van der Waals surface area contributed by atoms with Gasteiger partial charge in [-0.3, -0.25) is 4.98 Å². The molecular weight excluding hydrogens is 254 g/mol. The average Bonchev–Trinajstić information content (AvgIpc) is 2.81. The molecule has 0 amide bonds. The van der Waals surface area contributed by atoms with Gasteiger partial charge in [0, 0.05) is 18.9 Å². The van der Waals surface area contributed by atoms with E-state index in [0.29, 0.717) is 0 Å². The summed E-state index contributed by atoms with van der Waals surface area (Å²) in [6.07, 6.45) is 3.66. The van der Waals surface area contributed by atoms with Gasteiger partial charge in [-0.1, -0.05) is 23.5 Å². The molecule has 96 valence electrons. The zero-order chi connectivity index (χ0) is 13.2. The monoisotopic (exact) mass is 269 g/mol. The molecular formula is C15H15N3S. The predicted molar refractivity (Wildman–Crippen MR) is 80.7 cm³/mol. The maximum absolute atomic E-state index is 4.64. The molecule has 19 heavy (non-hydrogen) atoms. The number of thiazole rings is 1. The Bertz CT molecular complexity index is 704. The molecule has 0 aliphatic carbocycles. The van der Waals surface area contributed by atoms with Crippen molar-refractivity contribution in [3.63, 3.8) is 0 Å². The first-order valence-corrected chi connectivity index (χ1v) is 7.04. The molecule has 0 atom stereocenters. The quantitative estimate of drug-likeness (QED) is 0.783. The summed E-state index contributed by atoms with van der Waals surface area (Å²) in [4.78, 5) is 8.74. The standard InChI is InChI=1S/C15H15N3S/c1-10-6-11(2)14-13(7-10)18-15(19-14)17-9-12-4-3-5-16-8-12/h3-8H,9H2,1-2H3,(H,17,18). The maximum Gasteiger partial charge on any atom is 0.184 e. The van der Waals surface area contributed by atoms with Crippen molar-refractivity contribution >= 4 is 26.7 Å². The Morgan fingerprint density at radius 1 is 1.26 bits per heavy atom. The molecule has 0 spiro atoms. The molecule has 3 nitrogen and oxygen atoms in total. The molecule has 4 heteroatoms. The molecule has 1 aromatic carbocycles. The smallest absolute Gasteiger partial charge is 0.184 e. The van der Waals surface area contributed by atoms with Crippen LogP contribution in [0.2, 0.25) is 0 Å². The lowest BCUT2D eigenvalue weighted by Gasteiger charge is -2.00. The lowest BCUT2D eigenvalue weighted by molar-refractivity contribution is 1.11. The van der Waals surface area contributed by atoms with Crippen LogP contribution in [0, 0.1) is 13.8 Å². The van der Waals surface area contributed by atoms with Gasteiger partial charge in [-0.15, -0.1) is 0 Å². The number of pyridine rings is 1. The van der Waals surface area contributed by atoms with Crippen LogP contribution >= 0.6 is 11.3 Å². The van der Waals surface area contributed by atoms with Gasteiger partial charge in [0.15, 0.2) is 5.13 Å². The third kappa shape index (κ3) is 2.58. The normalized spacial score (nSPS) is 10.8. The number of benzene rings is 1. The Labute approximate surface area is 116 Å². The van der Waals surface area contributed by atoms with Crippen molar-refractivity contribution in [3.8, 4) is 0 Å². The molecule has 0 aliphatic rings. The van der Waals surface area contributed by atoms with E-state index in [4.69, 9.17) is 0 Å². The summed E-state index contributed by atoms with van der Waals surface area (Å²) >= 11 is 1.71. The highest BCUT2D eigenvalue weighted by atomic mass is 32.1. The molecule has 2 heterocycles. The van der Waals surface area contributed by atoms with Gasteiger partial charge in [0.1, 0.15) is 0 Å². The zero-order valence-corrected chi connectivity index (χ0v) is 11.8. The highest BCUT2D eigenvalue weighted by Gasteiger charge is 2.06. The Hall–Kier alpha value is -1.94. The predicted octanol–water partition coefficient (Wildman–Crippen LogP) is 3.92. The van der Waals surface area contributed by atoms with Crippen molar-refractivity contribution in [2.24, 2.45) is 0 Å². The Kier molecular flexibility index (Phi) is 3.17. The highest BCUT2D eigenvalue weighted by molar-refractivity contribution is 7.22. The van der Waals surface area contributed by atoms with Crippen LogP contribution < -0.4 is 5.32 Å². The number of hydrogen-bond donors (Lipinski definition) is 1. The van der Waals surface area contributed by atoms with Crippen molar-refractivity contribution in [3.05, 3.63) is 53.3 Å². The van der Waals surface area contributed by atoms with E-state index in [9.17, 15) is 0 Å². The third-order valence-corrected chi connectivity index (χ3v) is 4.15. The van der Waals surface area contributed by atoms with E-state index in [-0.39, 0.29) is 0 Å². The molecule has 2 aromatic heterocycles. The Morgan fingerprint density at radius 3 is 2.95 bits per heavy atom. The van der Waals surface area contributed by atoms with E-state index >= 15 is 0 Å². The van der Waals surface area contributed by atoms with E-state index in [1.807, 2.05) is 12.3 Å². The molecule has 0 radical (unpaired) electrons. The van der Waals surface area contributed by atoms with Crippen molar-refractivity contribution in [1.29, 1.82) is 0 Å². The lowest BCUT2D eigenvalue weighted by atomic mass is 10.1. The summed E-state index contributed by atoms with van der Waals surface area (Å²) in [6, 6.07) is 8.34. The van der Waals surface area contributed by atoms with E-state index in [2.05, 4.69) is 47.3 Å². The van der Waals surface area contributed by atoms with Crippen LogP contribution in [0.25, 0.3) is 10.2 Å². The molecule has 0 saturated carbocycles. The van der Waals surface area contributed by atoms with E-state index < -0.39 is 0 Å². The van der Waals surface area contributed by atoms with Crippen LogP contribution in [0.15, 0.2) is 36.7 Å². The van der Waals surface area contributed by atoms with Gasteiger partial charge >= 0.3 is 0 Å². The first-order valence-electron chi connectivity index (χ1n) is 6.23. The van der Waals surface area contributed by atoms with Gasteiger partial charge in [0.25, 0.3) is 0 Å². The fraction of sp³-hybridized carbons (Fsp3) is 0.200. The minimum Gasteiger partial charge on any atom is -0.357 e. The molecule has 1 N–H and O–H groups in total. The topological polar surface area (TPSA) is 37.8 Å². The zero-order valence-electron chi connectivity index (χ0n) is 11.0. The van der Waals surface area contributed by atoms with Gasteiger partial charge in [0.05, 0.1) is 10.2 Å². The van der Waals surface area contributed by atoms with Crippen molar-refractivity contribution in [2.75, 3.05) is 5.32 Å². The minimum absolute atomic E-state index is 0.756. The van der Waals surface area contributed by atoms with Crippen molar-refractivity contribution < 1.29 is 0 Å². The van der Waals surface area contributed by atoms with E-state index in [1.165, 1.54) is 15.8 Å². The first-order chi connectivity index (χ1) is 9.22. The maximum atomic E-state index is 4.64. The molecule has 0 fully saturated rings. The molecule has 0 unspecified atom stereocenters. The number of anilines is 1. The largest absolute Gasteiger partial charge is 0.357 e. The fourth-order valence-electron chi connectivity index (χ4n) is 2.13. The third-order valence-electron chi connectivity index (χ3n) is 2.99. The van der Waals surface area contributed by atoms with E-state index in [0.717, 1.165) is 22.8 Å². The SMILES string of the molecule is Cc1cc(C)c2sc(NCc3cccnc3)nc2c1. The Morgan fingerprint density at radius 2 is 2.16 bits per heavy atom. The number of aryl methyl sites for hydroxylation is 2. The average molecular weight is 269 g/mol. The molecule has 0 bridgehead atoms. The highest BCUT2D eigenvalue weighted by Crippen LogP contribution is 2.29. The van der Waals surface area contributed by atoms with Crippen LogP contribution in [-0.4, -0.2) is 9.97 Å². The van der Waals surface area contributed by atoms with Crippen LogP contribution in [0.5, 0.6) is 0 Å². The summed E-state index contributed by atoms with van der Waals surface area (Å²) < 4.78 is 1.26. The summed E-state index contributed by atoms with van der Waals surface area (Å²) in [6.45, 7) is 5.00. The van der Waals surface area contributed by atoms with Gasteiger partial charge in [-0.05, 0) is 42.7 Å². The Balaban J connectivity index is 1.84. The molecule has 0 saturated heterocycles. The number of hydrogen-bond acceptors (Lipinski definition) is 4. The summed E-state index contributed by atoms with van der Waals surface area (Å²) in [5.41, 5.74) is 4.79. The minimum atomic E-state index is 0.756. The summed E-state index contributed by atoms with van der Waals surface area (Å²) in [5, 5.41) is 4.33. The second-order valence-electron chi connectivity index (χ2n) is 4.66. The van der Waals surface area contributed by atoms with Crippen molar-refractivity contribution in [2.45, 2.75) is 20.4 Å². The second-order valence-corrected chi connectivity index (χ2v) is 5.66. The summed E-state index contributed by atoms with van der Waals surface area (Å²) in [7, 11) is 0. The van der Waals surface area contributed by atoms with Crippen LogP contribution in [0.4, 0.5) is 5.13 Å². The fourth-order valence-corrected chi connectivity index (χ4v) is 3.04. The van der Waals surface area contributed by atoms with E-state index in [1.54, 1.807) is 17.5 Å². The first kappa shape index (κ1) is 12.1. The van der Waals surface area contributed by atoms with Crippen molar-refractivity contribution in [1.82, 2.24) is 9.97 Å². The number of aromatic nitrogens is 2. The molecule has 3 rings (SSSR count). The number of rotatable bonds is 3. The van der Waals surface area contributed by atoms with Gasteiger partial charge in [-0.2, -0.15) is 0 Å². The second kappa shape index (κ2) is 4.97. The lowest BCUT2D eigenvalue weighted by Crippen LogP contribution is -1.98. The van der Waals surface area contributed by atoms with Crippen LogP contribution in [0.1, 0.15) is 16.7 Å². The van der Waals surface area contributed by atoms with Gasteiger partial charge in [-0.25, -0.2) is 4.98 Å². The number of fused-ring (bicyclic) bond motifs is 1. The van der Waals surface area contributed by atoms with Crippen LogP contribution in [0.3, 0.4) is 0 Å². The van der Waals surface area contributed by atoms with Crippen LogP contribution in [-0.2, 0) is 6.54 Å². The van der Waals surface area contributed by atoms with Gasteiger partial charge in [0.2, 0.25) is 0 Å². The molecule has 0 aliphatic heterocycles.